The standard InChI is InChI=1S/C13H19FO/c1-3-6-10(2)9-13(15)11-7-4-5-8-12(11)14/h4-5,7-8,10,13,15H,3,6,9H2,1-2H3. The molecule has 0 heterocycles. The van der Waals surface area contributed by atoms with Gasteiger partial charge in [0.05, 0.1) is 6.10 Å². The van der Waals surface area contributed by atoms with E-state index in [1.165, 1.54) is 6.07 Å². The van der Waals surface area contributed by atoms with Crippen molar-refractivity contribution in [2.45, 2.75) is 39.2 Å². The molecule has 2 atom stereocenters. The predicted molar refractivity (Wildman–Crippen MR) is 60.0 cm³/mol. The largest absolute Gasteiger partial charge is 0.388 e. The van der Waals surface area contributed by atoms with E-state index in [0.29, 0.717) is 17.9 Å². The van der Waals surface area contributed by atoms with Crippen molar-refractivity contribution in [2.75, 3.05) is 0 Å². The van der Waals surface area contributed by atoms with Crippen LogP contribution >= 0.6 is 0 Å². The van der Waals surface area contributed by atoms with Crippen LogP contribution in [0.3, 0.4) is 0 Å². The number of aliphatic hydroxyl groups is 1. The molecule has 0 aromatic heterocycles. The maximum absolute atomic E-state index is 13.3. The molecule has 0 saturated heterocycles. The molecule has 0 aliphatic heterocycles. The highest BCUT2D eigenvalue weighted by atomic mass is 19.1. The minimum absolute atomic E-state index is 0.311. The molecule has 1 aromatic rings. The van der Waals surface area contributed by atoms with Gasteiger partial charge in [0.25, 0.3) is 0 Å². The molecule has 0 aliphatic carbocycles. The molecule has 2 heteroatoms. The van der Waals surface area contributed by atoms with E-state index in [-0.39, 0.29) is 5.82 Å². The minimum Gasteiger partial charge on any atom is -0.388 e. The molecule has 0 radical (unpaired) electrons. The van der Waals surface area contributed by atoms with Gasteiger partial charge in [0.15, 0.2) is 0 Å². The van der Waals surface area contributed by atoms with E-state index in [0.717, 1.165) is 12.8 Å². The summed E-state index contributed by atoms with van der Waals surface area (Å²) in [4.78, 5) is 0. The van der Waals surface area contributed by atoms with Crippen LogP contribution in [0, 0.1) is 11.7 Å². The van der Waals surface area contributed by atoms with Gasteiger partial charge in [-0.1, -0.05) is 44.9 Å². The summed E-state index contributed by atoms with van der Waals surface area (Å²) in [5, 5.41) is 9.86. The first kappa shape index (κ1) is 12.2. The molecule has 0 fully saturated rings. The molecule has 0 amide bonds. The Morgan fingerprint density at radius 1 is 1.33 bits per heavy atom. The number of rotatable bonds is 5. The van der Waals surface area contributed by atoms with Gasteiger partial charge in [0, 0.05) is 5.56 Å². The van der Waals surface area contributed by atoms with Crippen LogP contribution in [0.5, 0.6) is 0 Å². The smallest absolute Gasteiger partial charge is 0.128 e. The third-order valence-corrected chi connectivity index (χ3v) is 2.67. The Hall–Kier alpha value is -0.890. The molecule has 0 aliphatic rings. The number of aliphatic hydroxyl groups excluding tert-OH is 1. The Kier molecular flexibility index (Phi) is 4.76. The quantitative estimate of drug-likeness (QED) is 0.786. The Bertz CT molecular complexity index is 298. The molecular formula is C13H19FO. The zero-order chi connectivity index (χ0) is 11.3. The van der Waals surface area contributed by atoms with Crippen molar-refractivity contribution in [1.82, 2.24) is 0 Å². The molecule has 2 unspecified atom stereocenters. The average Bonchev–Trinajstić information content (AvgIpc) is 2.18. The van der Waals surface area contributed by atoms with Gasteiger partial charge in [0.2, 0.25) is 0 Å². The van der Waals surface area contributed by atoms with E-state index in [1.807, 2.05) is 0 Å². The van der Waals surface area contributed by atoms with Crippen molar-refractivity contribution in [3.8, 4) is 0 Å². The van der Waals surface area contributed by atoms with E-state index < -0.39 is 6.10 Å². The van der Waals surface area contributed by atoms with Crippen molar-refractivity contribution in [2.24, 2.45) is 5.92 Å². The summed E-state index contributed by atoms with van der Waals surface area (Å²) in [7, 11) is 0. The molecule has 1 aromatic carbocycles. The first-order valence-electron chi connectivity index (χ1n) is 5.57. The second kappa shape index (κ2) is 5.86. The lowest BCUT2D eigenvalue weighted by molar-refractivity contribution is 0.141. The highest BCUT2D eigenvalue weighted by Crippen LogP contribution is 2.25. The van der Waals surface area contributed by atoms with Gasteiger partial charge in [-0.25, -0.2) is 4.39 Å². The van der Waals surface area contributed by atoms with Crippen LogP contribution in [-0.4, -0.2) is 5.11 Å². The Labute approximate surface area is 90.9 Å². The lowest BCUT2D eigenvalue weighted by Crippen LogP contribution is -2.06. The van der Waals surface area contributed by atoms with Crippen LogP contribution < -0.4 is 0 Å². The van der Waals surface area contributed by atoms with Crippen LogP contribution in [0.1, 0.15) is 44.8 Å². The molecule has 1 nitrogen and oxygen atoms in total. The van der Waals surface area contributed by atoms with Gasteiger partial charge >= 0.3 is 0 Å². The van der Waals surface area contributed by atoms with Gasteiger partial charge in [-0.2, -0.15) is 0 Å². The molecule has 1 N–H and O–H groups in total. The zero-order valence-corrected chi connectivity index (χ0v) is 9.41. The number of hydrogen-bond acceptors (Lipinski definition) is 1. The highest BCUT2D eigenvalue weighted by Gasteiger charge is 2.14. The maximum atomic E-state index is 13.3. The lowest BCUT2D eigenvalue weighted by atomic mass is 9.95. The van der Waals surface area contributed by atoms with Gasteiger partial charge in [-0.3, -0.25) is 0 Å². The lowest BCUT2D eigenvalue weighted by Gasteiger charge is -2.16. The van der Waals surface area contributed by atoms with Crippen molar-refractivity contribution in [1.29, 1.82) is 0 Å². The third kappa shape index (κ3) is 3.63. The zero-order valence-electron chi connectivity index (χ0n) is 9.41. The van der Waals surface area contributed by atoms with Crippen LogP contribution in [0.25, 0.3) is 0 Å². The number of halogens is 1. The summed E-state index contributed by atoms with van der Waals surface area (Å²) in [6, 6.07) is 6.44. The van der Waals surface area contributed by atoms with E-state index in [4.69, 9.17) is 0 Å². The molecule has 0 spiro atoms. The van der Waals surface area contributed by atoms with Crippen LogP contribution in [0.2, 0.25) is 0 Å². The summed E-state index contributed by atoms with van der Waals surface area (Å²) >= 11 is 0. The van der Waals surface area contributed by atoms with E-state index in [2.05, 4.69) is 13.8 Å². The molecule has 15 heavy (non-hydrogen) atoms. The SMILES string of the molecule is CCCC(C)CC(O)c1ccccc1F. The fourth-order valence-electron chi connectivity index (χ4n) is 1.86. The van der Waals surface area contributed by atoms with Crippen LogP contribution in [0.15, 0.2) is 24.3 Å². The minimum atomic E-state index is -0.673. The summed E-state index contributed by atoms with van der Waals surface area (Å²) in [6.45, 7) is 4.21. The van der Waals surface area contributed by atoms with E-state index in [9.17, 15) is 9.50 Å². The molecule has 0 bridgehead atoms. The van der Waals surface area contributed by atoms with Gasteiger partial charge in [-0.15, -0.1) is 0 Å². The summed E-state index contributed by atoms with van der Waals surface area (Å²) in [5.74, 6) is 0.123. The maximum Gasteiger partial charge on any atom is 0.128 e. The van der Waals surface area contributed by atoms with Crippen molar-refractivity contribution >= 4 is 0 Å². The van der Waals surface area contributed by atoms with Crippen molar-refractivity contribution in [3.63, 3.8) is 0 Å². The van der Waals surface area contributed by atoms with E-state index >= 15 is 0 Å². The number of benzene rings is 1. The molecule has 1 rings (SSSR count). The van der Waals surface area contributed by atoms with E-state index in [1.54, 1.807) is 18.2 Å². The van der Waals surface area contributed by atoms with Crippen molar-refractivity contribution in [3.05, 3.63) is 35.6 Å². The van der Waals surface area contributed by atoms with Crippen molar-refractivity contribution < 1.29 is 9.50 Å². The fraction of sp³-hybridized carbons (Fsp3) is 0.538. The summed E-state index contributed by atoms with van der Waals surface area (Å²) in [6.07, 6.45) is 2.14. The monoisotopic (exact) mass is 210 g/mol. The Morgan fingerprint density at radius 2 is 2.00 bits per heavy atom. The molecule has 0 saturated carbocycles. The van der Waals surface area contributed by atoms with Crippen LogP contribution in [0.4, 0.5) is 4.39 Å². The average molecular weight is 210 g/mol. The second-order valence-electron chi connectivity index (χ2n) is 4.17. The Morgan fingerprint density at radius 3 is 2.60 bits per heavy atom. The number of hydrogen-bond donors (Lipinski definition) is 1. The Balaban J connectivity index is 2.61. The fourth-order valence-corrected chi connectivity index (χ4v) is 1.86. The van der Waals surface area contributed by atoms with Gasteiger partial charge in [0.1, 0.15) is 5.82 Å². The normalized spacial score (nSPS) is 14.9. The van der Waals surface area contributed by atoms with Gasteiger partial charge < -0.3 is 5.11 Å². The first-order chi connectivity index (χ1) is 7.15. The first-order valence-corrected chi connectivity index (χ1v) is 5.57. The topological polar surface area (TPSA) is 20.2 Å². The highest BCUT2D eigenvalue weighted by molar-refractivity contribution is 5.19. The van der Waals surface area contributed by atoms with Gasteiger partial charge in [-0.05, 0) is 18.4 Å². The van der Waals surface area contributed by atoms with Crippen LogP contribution in [-0.2, 0) is 0 Å². The predicted octanol–water partition coefficient (Wildman–Crippen LogP) is 3.69. The summed E-state index contributed by atoms with van der Waals surface area (Å²) in [5.41, 5.74) is 0.417. The molecular weight excluding hydrogens is 191 g/mol. The molecule has 84 valence electrons. The second-order valence-corrected chi connectivity index (χ2v) is 4.17. The third-order valence-electron chi connectivity index (χ3n) is 2.67. The summed E-state index contributed by atoms with van der Waals surface area (Å²) < 4.78 is 13.3.